The fourth-order valence-corrected chi connectivity index (χ4v) is 4.32. The molecule has 25 heavy (non-hydrogen) atoms. The highest BCUT2D eigenvalue weighted by molar-refractivity contribution is 7.91. The zero-order valence-electron chi connectivity index (χ0n) is 13.6. The van der Waals surface area contributed by atoms with Gasteiger partial charge in [-0.3, -0.25) is 10.1 Å². The van der Waals surface area contributed by atoms with Gasteiger partial charge >= 0.3 is 6.03 Å². The van der Waals surface area contributed by atoms with Crippen LogP contribution >= 0.6 is 0 Å². The van der Waals surface area contributed by atoms with E-state index in [1.807, 2.05) is 29.6 Å². The highest BCUT2D eigenvalue weighted by atomic mass is 32.2. The molecule has 1 aromatic rings. The van der Waals surface area contributed by atoms with Gasteiger partial charge in [0.1, 0.15) is 5.75 Å². The summed E-state index contributed by atoms with van der Waals surface area (Å²) in [6, 6.07) is 6.67. The van der Waals surface area contributed by atoms with Gasteiger partial charge in [0.25, 0.3) is 5.91 Å². The average molecular weight is 366 g/mol. The maximum atomic E-state index is 12.6. The van der Waals surface area contributed by atoms with Crippen LogP contribution < -0.4 is 15.0 Å². The number of sulfonamides is 1. The minimum atomic E-state index is -3.90. The lowest BCUT2D eigenvalue weighted by Crippen LogP contribution is -2.56. The van der Waals surface area contributed by atoms with Crippen molar-refractivity contribution in [1.82, 2.24) is 9.62 Å². The monoisotopic (exact) mass is 366 g/mol. The third-order valence-electron chi connectivity index (χ3n) is 4.17. The average Bonchev–Trinajstić information content (AvgIpc) is 2.61. The number of urea groups is 1. The molecule has 1 saturated heterocycles. The molecular weight excluding hydrogens is 348 g/mol. The van der Waals surface area contributed by atoms with Crippen LogP contribution in [0, 0.1) is 0 Å². The molecule has 2 heterocycles. The van der Waals surface area contributed by atoms with Crippen LogP contribution in [0.2, 0.25) is 0 Å². The summed E-state index contributed by atoms with van der Waals surface area (Å²) in [5.41, 5.74) is 0.973. The number of benzene rings is 1. The van der Waals surface area contributed by atoms with Crippen LogP contribution in [0.3, 0.4) is 0 Å². The van der Waals surface area contributed by atoms with Gasteiger partial charge in [0.05, 0.1) is 7.11 Å². The summed E-state index contributed by atoms with van der Waals surface area (Å²) in [4.78, 5) is 28.2. The van der Waals surface area contributed by atoms with E-state index < -0.39 is 27.2 Å². The number of hydrogen-bond acceptors (Lipinski definition) is 6. The Bertz CT molecular complexity index is 798. The van der Waals surface area contributed by atoms with Crippen LogP contribution in [-0.2, 0) is 14.8 Å². The minimum absolute atomic E-state index is 0.250. The van der Waals surface area contributed by atoms with E-state index >= 15 is 0 Å². The molecule has 3 rings (SSSR count). The highest BCUT2D eigenvalue weighted by Gasteiger charge is 2.40. The Morgan fingerprint density at radius 3 is 2.32 bits per heavy atom. The van der Waals surface area contributed by atoms with Gasteiger partial charge < -0.3 is 9.64 Å². The van der Waals surface area contributed by atoms with Gasteiger partial charge in [0, 0.05) is 38.1 Å². The van der Waals surface area contributed by atoms with Crippen LogP contribution in [0.1, 0.15) is 0 Å². The molecule has 0 aromatic heterocycles. The van der Waals surface area contributed by atoms with Gasteiger partial charge in [-0.15, -0.1) is 0 Å². The number of piperazine rings is 1. The fraction of sp³-hybridized carbons (Fsp3) is 0.400. The first kappa shape index (κ1) is 17.4. The Labute approximate surface area is 145 Å². The highest BCUT2D eigenvalue weighted by Crippen LogP contribution is 2.22. The smallest absolute Gasteiger partial charge is 0.347 e. The van der Waals surface area contributed by atoms with Crippen molar-refractivity contribution in [2.45, 2.75) is 5.25 Å². The van der Waals surface area contributed by atoms with Crippen molar-refractivity contribution in [1.29, 1.82) is 0 Å². The van der Waals surface area contributed by atoms with Gasteiger partial charge in [0.15, 0.2) is 5.25 Å². The Morgan fingerprint density at radius 2 is 1.76 bits per heavy atom. The summed E-state index contributed by atoms with van der Waals surface area (Å²) >= 11 is 0. The molecule has 134 valence electrons. The molecule has 3 amide bonds. The third-order valence-corrected chi connectivity index (χ3v) is 6.24. The zero-order chi connectivity index (χ0) is 18.0. The quantitative estimate of drug-likeness (QED) is 0.793. The molecule has 1 unspecified atom stereocenters. The molecule has 1 atom stereocenters. The van der Waals surface area contributed by atoms with Crippen molar-refractivity contribution < 1.29 is 22.7 Å². The first-order valence-electron chi connectivity index (χ1n) is 7.69. The molecule has 0 aliphatic carbocycles. The first-order chi connectivity index (χ1) is 11.9. The predicted molar refractivity (Wildman–Crippen MR) is 91.5 cm³/mol. The summed E-state index contributed by atoms with van der Waals surface area (Å²) in [5.74, 6) is -0.111. The molecule has 1 fully saturated rings. The number of methoxy groups -OCH3 is 1. The topological polar surface area (TPSA) is 108 Å². The Morgan fingerprint density at radius 1 is 1.12 bits per heavy atom. The summed E-state index contributed by atoms with van der Waals surface area (Å²) < 4.78 is 31.6. The maximum Gasteiger partial charge on any atom is 0.347 e. The molecule has 0 bridgehead atoms. The number of anilines is 1. The number of imide groups is 1. The lowest BCUT2D eigenvalue weighted by molar-refractivity contribution is -0.118. The molecule has 10 heteroatoms. The lowest BCUT2D eigenvalue weighted by atomic mass is 10.2. The predicted octanol–water partition coefficient (Wildman–Crippen LogP) is -0.164. The summed E-state index contributed by atoms with van der Waals surface area (Å²) in [7, 11) is -2.31. The first-order valence-corrected chi connectivity index (χ1v) is 9.19. The Balaban J connectivity index is 1.67. The normalized spacial score (nSPS) is 22.0. The Kier molecular flexibility index (Phi) is 4.73. The van der Waals surface area contributed by atoms with Crippen LogP contribution in [-0.4, -0.2) is 69.4 Å². The molecule has 2 aliphatic heterocycles. The molecular formula is C15H18N4O5S. The lowest BCUT2D eigenvalue weighted by Gasteiger charge is -2.36. The van der Waals surface area contributed by atoms with E-state index in [1.54, 1.807) is 7.11 Å². The second-order valence-electron chi connectivity index (χ2n) is 5.62. The van der Waals surface area contributed by atoms with Crippen molar-refractivity contribution >= 4 is 33.9 Å². The third kappa shape index (κ3) is 3.49. The molecule has 0 radical (unpaired) electrons. The number of hydrogen-bond donors (Lipinski definition) is 1. The largest absolute Gasteiger partial charge is 0.497 e. The molecule has 0 saturated carbocycles. The van der Waals surface area contributed by atoms with E-state index in [4.69, 9.17) is 4.74 Å². The second kappa shape index (κ2) is 6.81. The summed E-state index contributed by atoms with van der Waals surface area (Å²) in [6.45, 7) is 1.49. The van der Waals surface area contributed by atoms with Gasteiger partial charge in [-0.25, -0.2) is 18.2 Å². The van der Waals surface area contributed by atoms with Crippen LogP contribution in [0.15, 0.2) is 29.3 Å². The van der Waals surface area contributed by atoms with E-state index in [1.165, 1.54) is 4.31 Å². The van der Waals surface area contributed by atoms with Gasteiger partial charge in [-0.2, -0.15) is 4.31 Å². The molecule has 9 nitrogen and oxygen atoms in total. The van der Waals surface area contributed by atoms with Crippen LogP contribution in [0.25, 0.3) is 0 Å². The van der Waals surface area contributed by atoms with Crippen molar-refractivity contribution in [2.75, 3.05) is 38.2 Å². The van der Waals surface area contributed by atoms with Crippen molar-refractivity contribution in [2.24, 2.45) is 4.99 Å². The van der Waals surface area contributed by atoms with Crippen LogP contribution in [0.4, 0.5) is 10.5 Å². The van der Waals surface area contributed by atoms with Crippen LogP contribution in [0.5, 0.6) is 5.75 Å². The Hall–Kier alpha value is -2.46. The number of carbonyl (C=O) groups excluding carboxylic acids is 2. The van der Waals surface area contributed by atoms with Gasteiger partial charge in [-0.1, -0.05) is 0 Å². The van der Waals surface area contributed by atoms with E-state index in [0.29, 0.717) is 13.1 Å². The number of amides is 3. The van der Waals surface area contributed by atoms with Crippen molar-refractivity contribution in [3.05, 3.63) is 24.3 Å². The maximum absolute atomic E-state index is 12.6. The van der Waals surface area contributed by atoms with E-state index in [0.717, 1.165) is 17.7 Å². The number of rotatable bonds is 4. The number of nitrogens with zero attached hydrogens (tertiary/aromatic N) is 3. The van der Waals surface area contributed by atoms with E-state index in [-0.39, 0.29) is 13.1 Å². The number of ether oxygens (including phenoxy) is 1. The van der Waals surface area contributed by atoms with E-state index in [9.17, 15) is 18.0 Å². The molecule has 1 aromatic carbocycles. The number of aliphatic imine (C=N–C) groups is 1. The number of nitrogens with one attached hydrogen (secondary N) is 1. The standard InChI is InChI=1S/C15H18N4O5S/c1-24-12-4-2-11(3-5-12)18-6-8-19(9-7-18)25(22,23)13-10-16-15(21)17-14(13)20/h2-5,10,13H,6-9H2,1H3,(H,17,20,21). The van der Waals surface area contributed by atoms with E-state index in [2.05, 4.69) is 9.89 Å². The molecule has 1 N–H and O–H groups in total. The number of carbonyl (C=O) groups is 2. The summed E-state index contributed by atoms with van der Waals surface area (Å²) in [5, 5.41) is 0.456. The summed E-state index contributed by atoms with van der Waals surface area (Å²) in [6.07, 6.45) is 0.895. The van der Waals surface area contributed by atoms with Crippen molar-refractivity contribution in [3.63, 3.8) is 0 Å². The molecule has 0 spiro atoms. The van der Waals surface area contributed by atoms with Gasteiger partial charge in [-0.05, 0) is 24.3 Å². The van der Waals surface area contributed by atoms with Crippen molar-refractivity contribution in [3.8, 4) is 5.75 Å². The zero-order valence-corrected chi connectivity index (χ0v) is 14.4. The fourth-order valence-electron chi connectivity index (χ4n) is 2.78. The van der Waals surface area contributed by atoms with Gasteiger partial charge in [0.2, 0.25) is 10.0 Å². The second-order valence-corrected chi connectivity index (χ2v) is 7.68. The minimum Gasteiger partial charge on any atom is -0.497 e. The molecule has 2 aliphatic rings. The SMILES string of the molecule is COc1ccc(N2CCN(S(=O)(=O)C3C=NC(=O)NC3=O)CC2)cc1.